The van der Waals surface area contributed by atoms with E-state index in [1.807, 2.05) is 13.8 Å². The molecule has 0 spiro atoms. The maximum Gasteiger partial charge on any atom is 0.295 e. The summed E-state index contributed by atoms with van der Waals surface area (Å²) in [4.78, 5) is -3.37. The fourth-order valence-corrected chi connectivity index (χ4v) is 12.2. The van der Waals surface area contributed by atoms with Crippen molar-refractivity contribution in [1.29, 1.82) is 0 Å². The molecule has 68 heavy (non-hydrogen) atoms. The fraction of sp³-hybridized carbons (Fsp3) is 0.190. The Morgan fingerprint density at radius 3 is 1.25 bits per heavy atom. The largest absolute Gasteiger partial charge is 0.744 e. The molecule has 0 unspecified atom stereocenters. The normalized spacial score (nSPS) is 16.2. The predicted octanol–water partition coefficient (Wildman–Crippen LogP) is 5.99. The third-order valence-electron chi connectivity index (χ3n) is 12.2. The van der Waals surface area contributed by atoms with Crippen molar-refractivity contribution in [2.45, 2.75) is 81.7 Å². The lowest BCUT2D eigenvalue weighted by Gasteiger charge is -2.19. The van der Waals surface area contributed by atoms with Crippen LogP contribution >= 0.6 is 0 Å². The van der Waals surface area contributed by atoms with E-state index in [2.05, 4.69) is 0 Å². The van der Waals surface area contributed by atoms with Crippen LogP contribution in [-0.2, 0) is 71.5 Å². The molecule has 0 bridgehead atoms. The predicted molar refractivity (Wildman–Crippen MR) is 248 cm³/mol. The molecule has 0 fully saturated rings. The number of benzene rings is 6. The second-order valence-electron chi connectivity index (χ2n) is 16.9. The van der Waals surface area contributed by atoms with Crippen molar-refractivity contribution in [2.24, 2.45) is 0 Å². The molecule has 0 saturated carbocycles. The van der Waals surface area contributed by atoms with Crippen LogP contribution in [0.1, 0.15) is 52.7 Å². The summed E-state index contributed by atoms with van der Waals surface area (Å²) in [6.45, 7) is 10.8. The van der Waals surface area contributed by atoms with Gasteiger partial charge in [0.2, 0.25) is 22.7 Å². The highest BCUT2D eigenvalue weighted by Crippen LogP contribution is 2.49. The van der Waals surface area contributed by atoms with Gasteiger partial charge in [-0.3, -0.25) is 22.8 Å². The van der Waals surface area contributed by atoms with Crippen LogP contribution in [-0.4, -0.2) is 89.2 Å². The van der Waals surface area contributed by atoms with Crippen LogP contribution in [0.5, 0.6) is 0 Å². The van der Waals surface area contributed by atoms with E-state index in [1.54, 1.807) is 55.0 Å². The minimum atomic E-state index is -5.07. The first-order chi connectivity index (χ1) is 30.9. The zero-order chi connectivity index (χ0) is 50.9. The lowest BCUT2D eigenvalue weighted by Crippen LogP contribution is -2.26. The summed E-state index contributed by atoms with van der Waals surface area (Å²) in [5.41, 5.74) is 2.29. The van der Waals surface area contributed by atoms with Crippen LogP contribution in [0.4, 0.5) is 22.7 Å². The molecule has 0 aromatic heterocycles. The van der Waals surface area contributed by atoms with Gasteiger partial charge in [-0.2, -0.15) is 51.2 Å². The molecule has 5 N–H and O–H groups in total. The van der Waals surface area contributed by atoms with Gasteiger partial charge in [-0.25, -0.2) is 8.42 Å². The van der Waals surface area contributed by atoms with E-state index in [0.29, 0.717) is 56.8 Å². The van der Waals surface area contributed by atoms with Crippen molar-refractivity contribution in [3.05, 3.63) is 108 Å². The first kappa shape index (κ1) is 50.5. The molecule has 20 nitrogen and oxygen atoms in total. The fourth-order valence-electron chi connectivity index (χ4n) is 8.64. The first-order valence-corrected chi connectivity index (χ1v) is 28.0. The van der Waals surface area contributed by atoms with Crippen molar-refractivity contribution < 1.29 is 77.8 Å². The Labute approximate surface area is 391 Å². The van der Waals surface area contributed by atoms with Gasteiger partial charge in [0.25, 0.3) is 50.6 Å². The number of hydrogen-bond donors (Lipinski definition) is 5. The van der Waals surface area contributed by atoms with Gasteiger partial charge in [0.05, 0.1) is 20.6 Å². The molecule has 8 rings (SSSR count). The van der Waals surface area contributed by atoms with Crippen molar-refractivity contribution in [2.75, 3.05) is 0 Å². The van der Waals surface area contributed by atoms with Crippen LogP contribution in [0.2, 0.25) is 0 Å². The van der Waals surface area contributed by atoms with Gasteiger partial charge in [0, 0.05) is 72.1 Å². The maximum atomic E-state index is 12.3. The Bertz CT molecular complexity index is 4030. The van der Waals surface area contributed by atoms with Crippen LogP contribution in [0.15, 0.2) is 126 Å². The molecule has 0 amide bonds. The number of nitrogens with zero attached hydrogens (tertiary/aromatic N) is 2. The molecule has 0 atom stereocenters. The van der Waals surface area contributed by atoms with Crippen molar-refractivity contribution in [3.8, 4) is 0 Å². The molecule has 0 radical (unpaired) electrons. The summed E-state index contributed by atoms with van der Waals surface area (Å²) in [5.74, 6) is 0. The minimum Gasteiger partial charge on any atom is -0.744 e. The van der Waals surface area contributed by atoms with E-state index < -0.39 is 91.1 Å². The minimum absolute atomic E-state index is 0.0167. The van der Waals surface area contributed by atoms with Gasteiger partial charge >= 0.3 is 0 Å². The molecule has 0 saturated heterocycles. The molecule has 0 aliphatic carbocycles. The van der Waals surface area contributed by atoms with E-state index in [4.69, 9.17) is 0 Å². The van der Waals surface area contributed by atoms with Gasteiger partial charge in [-0.05, 0) is 80.9 Å². The zero-order valence-electron chi connectivity index (χ0n) is 36.1. The Kier molecular flexibility index (Phi) is 12.0. The van der Waals surface area contributed by atoms with E-state index >= 15 is 0 Å². The van der Waals surface area contributed by atoms with E-state index in [1.165, 1.54) is 54.6 Å². The summed E-state index contributed by atoms with van der Waals surface area (Å²) in [7, 11) is -28.5. The number of hydrogen-bond acceptors (Lipinski definition) is 13. The molecular formula is C42H39N2O18S6+. The third kappa shape index (κ3) is 8.79. The quantitative estimate of drug-likeness (QED) is 0.0863. The molecule has 26 heteroatoms. The van der Waals surface area contributed by atoms with Gasteiger partial charge in [-0.1, -0.05) is 18.2 Å². The number of rotatable bonds is 8. The molecular weight excluding hydrogens is 1010 g/mol. The average molecular weight is 1050 g/mol. The number of fused-ring (bicyclic) bond motifs is 6. The highest BCUT2D eigenvalue weighted by atomic mass is 32.2. The standard InChI is InChI=1S/2C21H19NO9S3/c1-12-21(2,3)20-17-10-15(33(26,27)28)11-19(34(29,30)31)16(17)7-8-18(20)22(12)13-5-4-6-14(9-13)32(23,24)25;1-12-21(2,3)20-16-8-7-15(33(26,27)28)10-17(16)19(34(29,30)31)11-18(20)22(12)13-5-4-6-14(9-13)32(23,24)25/h2*4-11H,1-3H3,(H2-,23,24,25,26,27,28,29,30,31)/p+1. The van der Waals surface area contributed by atoms with E-state index in [9.17, 15) is 77.8 Å². The Balaban J connectivity index is 0.000000201. The highest BCUT2D eigenvalue weighted by molar-refractivity contribution is 7.87. The Hall–Kier alpha value is -5.36. The van der Waals surface area contributed by atoms with Crippen LogP contribution < -0.4 is 9.15 Å². The van der Waals surface area contributed by atoms with Crippen LogP contribution in [0, 0.1) is 0 Å². The van der Waals surface area contributed by atoms with Gasteiger partial charge in [-0.15, -0.1) is 0 Å². The van der Waals surface area contributed by atoms with Crippen LogP contribution in [0.25, 0.3) is 21.5 Å². The van der Waals surface area contributed by atoms with Gasteiger partial charge in [0.15, 0.2) is 11.4 Å². The molecule has 6 aromatic carbocycles. The zero-order valence-corrected chi connectivity index (χ0v) is 41.0. The second kappa shape index (κ2) is 16.1. The van der Waals surface area contributed by atoms with Gasteiger partial charge in [0.1, 0.15) is 29.7 Å². The molecule has 2 aliphatic rings. The van der Waals surface area contributed by atoms with E-state index in [-0.39, 0.29) is 25.9 Å². The van der Waals surface area contributed by atoms with Crippen LogP contribution in [0.3, 0.4) is 0 Å². The lowest BCUT2D eigenvalue weighted by atomic mass is 9.80. The second-order valence-corrected chi connectivity index (χ2v) is 25.3. The summed E-state index contributed by atoms with van der Waals surface area (Å²) < 4.78 is 205. The Morgan fingerprint density at radius 2 is 0.809 bits per heavy atom. The van der Waals surface area contributed by atoms with Crippen molar-refractivity contribution >= 4 is 116 Å². The molecule has 360 valence electrons. The molecule has 2 aliphatic heterocycles. The summed E-state index contributed by atoms with van der Waals surface area (Å²) >= 11 is 0. The van der Waals surface area contributed by atoms with Crippen molar-refractivity contribution in [3.63, 3.8) is 0 Å². The van der Waals surface area contributed by atoms with Crippen molar-refractivity contribution in [1.82, 2.24) is 9.15 Å². The Morgan fingerprint density at radius 1 is 0.412 bits per heavy atom. The summed E-state index contributed by atoms with van der Waals surface area (Å²) in [5, 5.41) is 0.351. The third-order valence-corrected chi connectivity index (χ3v) is 17.3. The lowest BCUT2D eigenvalue weighted by molar-refractivity contribution is 0.462. The summed E-state index contributed by atoms with van der Waals surface area (Å²) in [6, 6.07) is 20.2. The molecule has 2 heterocycles. The monoisotopic (exact) mass is 1050 g/mol. The SMILES string of the molecule is CC1=[N+](c2cccc(S(=O)(=O)O)c2)c2cc(S(=O)(=O)O)c3cc(S(=O)(=O)O)ccc3c2C1(C)C.CC1=[N+](c2cccc(S(=O)(=O)O)c2)c2ccc3c(S(=O)(=O)O)cc(S(=O)(=O)[O-])cc3c2C1(C)C. The van der Waals surface area contributed by atoms with Gasteiger partial charge < -0.3 is 4.55 Å². The van der Waals surface area contributed by atoms with E-state index in [0.717, 1.165) is 18.2 Å². The molecule has 6 aromatic rings. The summed E-state index contributed by atoms with van der Waals surface area (Å²) in [6.07, 6.45) is 0. The topological polar surface area (TPSA) is 335 Å². The first-order valence-electron chi connectivity index (χ1n) is 19.4. The smallest absolute Gasteiger partial charge is 0.295 e. The average Bonchev–Trinajstić information content (AvgIpc) is 3.54. The maximum absolute atomic E-state index is 12.3. The highest BCUT2D eigenvalue weighted by Gasteiger charge is 2.48.